The van der Waals surface area contributed by atoms with Crippen molar-refractivity contribution in [1.82, 2.24) is 9.78 Å². The molecule has 0 saturated carbocycles. The molecule has 0 atom stereocenters. The first-order chi connectivity index (χ1) is 10.3. The van der Waals surface area contributed by atoms with Crippen molar-refractivity contribution >= 4 is 5.91 Å². The predicted octanol–water partition coefficient (Wildman–Crippen LogP) is 2.61. The molecule has 3 aromatic rings. The molecule has 102 valence electrons. The number of aromatic nitrogens is 2. The van der Waals surface area contributed by atoms with Gasteiger partial charge in [-0.05, 0) is 30.3 Å². The van der Waals surface area contributed by atoms with E-state index in [1.807, 2.05) is 48.5 Å². The van der Waals surface area contributed by atoms with Crippen LogP contribution < -0.4 is 5.36 Å². The quantitative estimate of drug-likeness (QED) is 0.721. The molecule has 4 nitrogen and oxygen atoms in total. The summed E-state index contributed by atoms with van der Waals surface area (Å²) < 4.78 is 1.73. The Morgan fingerprint density at radius 2 is 1.57 bits per heavy atom. The Bertz CT molecular complexity index is 788. The first kappa shape index (κ1) is 13.0. The average molecular weight is 275 g/mol. The van der Waals surface area contributed by atoms with Gasteiger partial charge in [0.25, 0.3) is 5.91 Å². The van der Waals surface area contributed by atoms with E-state index >= 15 is 0 Å². The molecule has 0 spiro atoms. The molecule has 1 aromatic heterocycles. The Morgan fingerprint density at radius 1 is 0.905 bits per heavy atom. The third-order valence-corrected chi connectivity index (χ3v) is 2.97. The molecular formula is C17H13N3O. The van der Waals surface area contributed by atoms with Gasteiger partial charge in [0, 0.05) is 11.8 Å². The van der Waals surface area contributed by atoms with E-state index in [0.717, 1.165) is 5.69 Å². The van der Waals surface area contributed by atoms with Crippen molar-refractivity contribution in [3.8, 4) is 5.69 Å². The minimum atomic E-state index is -0.269. The fourth-order valence-electron chi connectivity index (χ4n) is 1.91. The van der Waals surface area contributed by atoms with Gasteiger partial charge in [-0.1, -0.05) is 36.4 Å². The molecular weight excluding hydrogens is 262 g/mol. The molecule has 0 N–H and O–H groups in total. The molecule has 0 bridgehead atoms. The van der Waals surface area contributed by atoms with Gasteiger partial charge in [-0.3, -0.25) is 4.79 Å². The number of hydrogen-bond donors (Lipinski definition) is 0. The molecule has 1 amide bonds. The molecule has 0 aliphatic rings. The van der Waals surface area contributed by atoms with Crippen LogP contribution in [-0.4, -0.2) is 15.7 Å². The molecule has 21 heavy (non-hydrogen) atoms. The smallest absolute Gasteiger partial charge is 0.267 e. The first-order valence-electron chi connectivity index (χ1n) is 6.57. The fraction of sp³-hybridized carbons (Fsp3) is 0. The number of carbonyl (C=O) groups excluding carboxylic acids is 1. The zero-order valence-corrected chi connectivity index (χ0v) is 11.3. The Morgan fingerprint density at radius 3 is 2.19 bits per heavy atom. The van der Waals surface area contributed by atoms with E-state index in [1.54, 1.807) is 35.3 Å². The lowest BCUT2D eigenvalue weighted by Gasteiger charge is -2.03. The summed E-state index contributed by atoms with van der Waals surface area (Å²) in [5, 5.41) is 4.80. The van der Waals surface area contributed by atoms with Gasteiger partial charge in [-0.2, -0.15) is 5.10 Å². The van der Waals surface area contributed by atoms with Crippen molar-refractivity contribution in [2.75, 3.05) is 0 Å². The lowest BCUT2D eigenvalue weighted by molar-refractivity contribution is 0.0998. The van der Waals surface area contributed by atoms with Crippen LogP contribution >= 0.6 is 0 Å². The third kappa shape index (κ3) is 3.12. The van der Waals surface area contributed by atoms with E-state index in [0.29, 0.717) is 10.9 Å². The lowest BCUT2D eigenvalue weighted by atomic mass is 10.2. The van der Waals surface area contributed by atoms with Crippen LogP contribution in [0.25, 0.3) is 5.69 Å². The van der Waals surface area contributed by atoms with Crippen LogP contribution in [0.2, 0.25) is 0 Å². The maximum Gasteiger partial charge on any atom is 0.277 e. The monoisotopic (exact) mass is 275 g/mol. The topological polar surface area (TPSA) is 47.2 Å². The second-order valence-corrected chi connectivity index (χ2v) is 4.45. The van der Waals surface area contributed by atoms with Gasteiger partial charge in [0.15, 0.2) is 0 Å². The van der Waals surface area contributed by atoms with E-state index in [2.05, 4.69) is 10.1 Å². The number of carbonyl (C=O) groups is 1. The number of para-hydroxylation sites is 1. The van der Waals surface area contributed by atoms with Crippen LogP contribution in [0.5, 0.6) is 0 Å². The summed E-state index contributed by atoms with van der Waals surface area (Å²) in [5.74, 6) is -0.269. The predicted molar refractivity (Wildman–Crippen MR) is 79.9 cm³/mol. The summed E-state index contributed by atoms with van der Waals surface area (Å²) in [6, 6.07) is 20.5. The summed E-state index contributed by atoms with van der Waals surface area (Å²) in [6.45, 7) is 0. The van der Waals surface area contributed by atoms with Gasteiger partial charge >= 0.3 is 0 Å². The van der Waals surface area contributed by atoms with E-state index in [-0.39, 0.29) is 5.91 Å². The molecule has 0 saturated heterocycles. The SMILES string of the molecule is O=C(N=c1ccn(-c2ccccc2)nc1)c1ccccc1. The molecule has 0 unspecified atom stereocenters. The lowest BCUT2D eigenvalue weighted by Crippen LogP contribution is -2.11. The van der Waals surface area contributed by atoms with Crippen LogP contribution in [0, 0.1) is 0 Å². The van der Waals surface area contributed by atoms with Gasteiger partial charge in [-0.25, -0.2) is 9.67 Å². The summed E-state index contributed by atoms with van der Waals surface area (Å²) in [6.07, 6.45) is 3.36. The molecule has 0 radical (unpaired) electrons. The number of nitrogens with zero attached hydrogens (tertiary/aromatic N) is 3. The minimum Gasteiger partial charge on any atom is -0.267 e. The number of hydrogen-bond acceptors (Lipinski definition) is 2. The number of amides is 1. The highest BCUT2D eigenvalue weighted by Crippen LogP contribution is 2.03. The summed E-state index contributed by atoms with van der Waals surface area (Å²) in [7, 11) is 0. The average Bonchev–Trinajstić information content (AvgIpc) is 2.57. The van der Waals surface area contributed by atoms with Crippen molar-refractivity contribution < 1.29 is 4.79 Å². The number of rotatable bonds is 2. The molecule has 0 aliphatic heterocycles. The highest BCUT2D eigenvalue weighted by molar-refractivity contribution is 5.94. The normalized spacial score (nSPS) is 11.3. The van der Waals surface area contributed by atoms with Crippen molar-refractivity contribution in [1.29, 1.82) is 0 Å². The van der Waals surface area contributed by atoms with E-state index in [1.165, 1.54) is 0 Å². The van der Waals surface area contributed by atoms with E-state index in [4.69, 9.17) is 0 Å². The van der Waals surface area contributed by atoms with Crippen molar-refractivity contribution in [2.45, 2.75) is 0 Å². The second kappa shape index (κ2) is 5.96. The molecule has 0 aliphatic carbocycles. The standard InChI is InChI=1S/C17H13N3O/c21-17(14-7-3-1-4-8-14)19-15-11-12-20(18-13-15)16-9-5-2-6-10-16/h1-13H. The van der Waals surface area contributed by atoms with Crippen LogP contribution in [0.15, 0.2) is 84.1 Å². The summed E-state index contributed by atoms with van der Waals surface area (Å²) >= 11 is 0. The molecule has 4 heteroatoms. The molecule has 3 rings (SSSR count). The maximum atomic E-state index is 12.0. The summed E-state index contributed by atoms with van der Waals surface area (Å²) in [5.41, 5.74) is 1.52. The Hall–Kier alpha value is -3.01. The van der Waals surface area contributed by atoms with Gasteiger partial charge in [0.05, 0.1) is 17.2 Å². The largest absolute Gasteiger partial charge is 0.277 e. The minimum absolute atomic E-state index is 0.269. The van der Waals surface area contributed by atoms with Crippen LogP contribution in [-0.2, 0) is 0 Å². The van der Waals surface area contributed by atoms with Gasteiger partial charge < -0.3 is 0 Å². The van der Waals surface area contributed by atoms with Crippen molar-refractivity contribution in [3.05, 3.63) is 90.0 Å². The van der Waals surface area contributed by atoms with Crippen molar-refractivity contribution in [3.63, 3.8) is 0 Å². The van der Waals surface area contributed by atoms with E-state index in [9.17, 15) is 4.79 Å². The van der Waals surface area contributed by atoms with Crippen LogP contribution in [0.4, 0.5) is 0 Å². The highest BCUT2D eigenvalue weighted by atomic mass is 16.1. The fourth-order valence-corrected chi connectivity index (χ4v) is 1.91. The summed E-state index contributed by atoms with van der Waals surface area (Å²) in [4.78, 5) is 16.0. The highest BCUT2D eigenvalue weighted by Gasteiger charge is 2.01. The van der Waals surface area contributed by atoms with Gasteiger partial charge in [0.2, 0.25) is 0 Å². The molecule has 0 fully saturated rings. The zero-order chi connectivity index (χ0) is 14.5. The Labute approximate surface area is 122 Å². The van der Waals surface area contributed by atoms with Crippen LogP contribution in [0.3, 0.4) is 0 Å². The van der Waals surface area contributed by atoms with Gasteiger partial charge in [-0.15, -0.1) is 0 Å². The molecule has 1 heterocycles. The Kier molecular flexibility index (Phi) is 3.69. The third-order valence-electron chi connectivity index (χ3n) is 2.97. The van der Waals surface area contributed by atoms with Crippen molar-refractivity contribution in [2.24, 2.45) is 4.99 Å². The van der Waals surface area contributed by atoms with Gasteiger partial charge in [0.1, 0.15) is 0 Å². The zero-order valence-electron chi connectivity index (χ0n) is 11.3. The Balaban J connectivity index is 1.88. The molecule has 2 aromatic carbocycles. The van der Waals surface area contributed by atoms with Crippen LogP contribution in [0.1, 0.15) is 10.4 Å². The number of benzene rings is 2. The first-order valence-corrected chi connectivity index (χ1v) is 6.57. The maximum absolute atomic E-state index is 12.0. The van der Waals surface area contributed by atoms with E-state index < -0.39 is 0 Å². The second-order valence-electron chi connectivity index (χ2n) is 4.45.